The van der Waals surface area contributed by atoms with E-state index in [-0.39, 0.29) is 0 Å². The highest BCUT2D eigenvalue weighted by Crippen LogP contribution is 2.11. The van der Waals surface area contributed by atoms with E-state index in [1.165, 1.54) is 16.7 Å². The van der Waals surface area contributed by atoms with Crippen LogP contribution < -0.4 is 10.6 Å². The van der Waals surface area contributed by atoms with Crippen LogP contribution in [0.5, 0.6) is 0 Å². The second kappa shape index (κ2) is 7.35. The number of hydrogen-bond acceptors (Lipinski definition) is 5. The molecule has 0 radical (unpaired) electrons. The predicted molar refractivity (Wildman–Crippen MR) is 92.1 cm³/mol. The Hall–Kier alpha value is -2.95. The highest BCUT2D eigenvalue weighted by atomic mass is 15.3. The van der Waals surface area contributed by atoms with Gasteiger partial charge in [-0.05, 0) is 23.6 Å². The first kappa shape index (κ1) is 15.0. The molecule has 0 fully saturated rings. The number of anilines is 2. The molecule has 23 heavy (non-hydrogen) atoms. The van der Waals surface area contributed by atoms with Gasteiger partial charge in [-0.2, -0.15) is 10.1 Å². The van der Waals surface area contributed by atoms with E-state index in [0.29, 0.717) is 24.9 Å². The highest BCUT2D eigenvalue weighted by molar-refractivity contribution is 5.39. The standard InChI is InChI=1S/C18H19N5/c1-14-7-5-6-10-16(14)12-19-17-13-21-23-18(22-17)20-11-15-8-3-2-4-9-15/h2-10,13H,11-12H2,1H3,(H2,19,20,22,23). The molecule has 5 heteroatoms. The van der Waals surface area contributed by atoms with E-state index in [0.717, 1.165) is 0 Å². The van der Waals surface area contributed by atoms with Crippen molar-refractivity contribution in [2.24, 2.45) is 0 Å². The SMILES string of the molecule is Cc1ccccc1CNc1cnnc(NCc2ccccc2)n1. The Labute approximate surface area is 135 Å². The summed E-state index contributed by atoms with van der Waals surface area (Å²) in [5, 5.41) is 14.5. The Morgan fingerprint density at radius 1 is 0.870 bits per heavy atom. The number of benzene rings is 2. The van der Waals surface area contributed by atoms with Crippen LogP contribution in [0.25, 0.3) is 0 Å². The quantitative estimate of drug-likeness (QED) is 0.731. The van der Waals surface area contributed by atoms with Gasteiger partial charge in [-0.1, -0.05) is 54.6 Å². The topological polar surface area (TPSA) is 62.7 Å². The molecule has 0 saturated carbocycles. The van der Waals surface area contributed by atoms with Crippen molar-refractivity contribution >= 4 is 11.8 Å². The van der Waals surface area contributed by atoms with Crippen LogP contribution in [0, 0.1) is 6.92 Å². The third kappa shape index (κ3) is 4.26. The molecule has 0 atom stereocenters. The first-order valence-corrected chi connectivity index (χ1v) is 7.57. The van der Waals surface area contributed by atoms with Gasteiger partial charge in [0.1, 0.15) is 0 Å². The summed E-state index contributed by atoms with van der Waals surface area (Å²) in [6.45, 7) is 3.48. The zero-order valence-corrected chi connectivity index (χ0v) is 13.0. The maximum absolute atomic E-state index is 4.44. The molecule has 0 aliphatic heterocycles. The molecule has 1 aromatic heterocycles. The molecule has 5 nitrogen and oxygen atoms in total. The fourth-order valence-corrected chi connectivity index (χ4v) is 2.23. The maximum Gasteiger partial charge on any atom is 0.244 e. The molecule has 0 unspecified atom stereocenters. The number of nitrogens with zero attached hydrogens (tertiary/aromatic N) is 3. The van der Waals surface area contributed by atoms with Crippen LogP contribution in [0.4, 0.5) is 11.8 Å². The minimum atomic E-state index is 0.517. The molecule has 2 aromatic carbocycles. The lowest BCUT2D eigenvalue weighted by atomic mass is 10.1. The van der Waals surface area contributed by atoms with Crippen LogP contribution in [0.3, 0.4) is 0 Å². The van der Waals surface area contributed by atoms with Gasteiger partial charge in [0, 0.05) is 13.1 Å². The van der Waals surface area contributed by atoms with E-state index in [1.54, 1.807) is 6.20 Å². The van der Waals surface area contributed by atoms with Crippen LogP contribution >= 0.6 is 0 Å². The molecular weight excluding hydrogens is 286 g/mol. The zero-order valence-electron chi connectivity index (χ0n) is 13.0. The Bertz CT molecular complexity index is 758. The van der Waals surface area contributed by atoms with E-state index >= 15 is 0 Å². The number of rotatable bonds is 6. The second-order valence-electron chi connectivity index (χ2n) is 5.28. The monoisotopic (exact) mass is 305 g/mol. The van der Waals surface area contributed by atoms with Crippen molar-refractivity contribution in [2.75, 3.05) is 10.6 Å². The van der Waals surface area contributed by atoms with Gasteiger partial charge in [-0.25, -0.2) is 0 Å². The molecule has 0 aliphatic carbocycles. The molecule has 0 amide bonds. The Morgan fingerprint density at radius 2 is 1.65 bits per heavy atom. The maximum atomic E-state index is 4.44. The van der Waals surface area contributed by atoms with Crippen molar-refractivity contribution in [1.29, 1.82) is 0 Å². The summed E-state index contributed by atoms with van der Waals surface area (Å²) in [5.41, 5.74) is 3.67. The first-order valence-electron chi connectivity index (χ1n) is 7.57. The summed E-state index contributed by atoms with van der Waals surface area (Å²) >= 11 is 0. The molecule has 116 valence electrons. The normalized spacial score (nSPS) is 10.3. The molecule has 3 aromatic rings. The minimum absolute atomic E-state index is 0.517. The van der Waals surface area contributed by atoms with Crippen molar-refractivity contribution in [3.8, 4) is 0 Å². The lowest BCUT2D eigenvalue weighted by Gasteiger charge is -2.09. The molecule has 3 rings (SSSR count). The van der Waals surface area contributed by atoms with E-state index < -0.39 is 0 Å². The van der Waals surface area contributed by atoms with E-state index in [4.69, 9.17) is 0 Å². The lowest BCUT2D eigenvalue weighted by Crippen LogP contribution is -2.08. The van der Waals surface area contributed by atoms with Crippen LogP contribution in [-0.4, -0.2) is 15.2 Å². The van der Waals surface area contributed by atoms with Crippen LogP contribution in [0.15, 0.2) is 60.8 Å². The lowest BCUT2D eigenvalue weighted by molar-refractivity contribution is 0.936. The fraction of sp³-hybridized carbons (Fsp3) is 0.167. The largest absolute Gasteiger partial charge is 0.365 e. The summed E-state index contributed by atoms with van der Waals surface area (Å²) in [6, 6.07) is 18.4. The third-order valence-corrected chi connectivity index (χ3v) is 3.57. The third-order valence-electron chi connectivity index (χ3n) is 3.57. The first-order chi connectivity index (χ1) is 11.3. The van der Waals surface area contributed by atoms with Crippen molar-refractivity contribution in [3.63, 3.8) is 0 Å². The van der Waals surface area contributed by atoms with Crippen molar-refractivity contribution in [3.05, 3.63) is 77.5 Å². The Morgan fingerprint density at radius 3 is 2.48 bits per heavy atom. The van der Waals surface area contributed by atoms with Crippen molar-refractivity contribution in [1.82, 2.24) is 15.2 Å². The zero-order chi connectivity index (χ0) is 15.9. The summed E-state index contributed by atoms with van der Waals surface area (Å²) in [5.74, 6) is 1.22. The molecular formula is C18H19N5. The van der Waals surface area contributed by atoms with Gasteiger partial charge in [-0.15, -0.1) is 5.10 Å². The summed E-state index contributed by atoms with van der Waals surface area (Å²) in [7, 11) is 0. The van der Waals surface area contributed by atoms with Gasteiger partial charge in [0.25, 0.3) is 0 Å². The number of nitrogens with one attached hydrogen (secondary N) is 2. The van der Waals surface area contributed by atoms with Crippen LogP contribution in [0.2, 0.25) is 0 Å². The molecule has 0 bridgehead atoms. The van der Waals surface area contributed by atoms with Crippen molar-refractivity contribution in [2.45, 2.75) is 20.0 Å². The van der Waals surface area contributed by atoms with E-state index in [9.17, 15) is 0 Å². The number of aromatic nitrogens is 3. The van der Waals surface area contributed by atoms with Gasteiger partial charge in [0.2, 0.25) is 5.95 Å². The predicted octanol–water partition coefficient (Wildman–Crippen LogP) is 3.40. The molecule has 1 heterocycles. The average molecular weight is 305 g/mol. The second-order valence-corrected chi connectivity index (χ2v) is 5.28. The summed E-state index contributed by atoms with van der Waals surface area (Å²) in [4.78, 5) is 4.44. The Kier molecular flexibility index (Phi) is 4.79. The molecule has 0 aliphatic rings. The number of hydrogen-bond donors (Lipinski definition) is 2. The molecule has 2 N–H and O–H groups in total. The fourth-order valence-electron chi connectivity index (χ4n) is 2.23. The van der Waals surface area contributed by atoms with Crippen LogP contribution in [-0.2, 0) is 13.1 Å². The average Bonchev–Trinajstić information content (AvgIpc) is 2.61. The van der Waals surface area contributed by atoms with Gasteiger partial charge in [0.15, 0.2) is 5.82 Å². The van der Waals surface area contributed by atoms with Gasteiger partial charge in [0.05, 0.1) is 6.20 Å². The Balaban J connectivity index is 1.60. The van der Waals surface area contributed by atoms with E-state index in [2.05, 4.69) is 57.0 Å². The summed E-state index contributed by atoms with van der Waals surface area (Å²) in [6.07, 6.45) is 1.63. The summed E-state index contributed by atoms with van der Waals surface area (Å²) < 4.78 is 0. The minimum Gasteiger partial charge on any atom is -0.365 e. The van der Waals surface area contributed by atoms with Gasteiger partial charge >= 0.3 is 0 Å². The van der Waals surface area contributed by atoms with E-state index in [1.807, 2.05) is 30.3 Å². The molecule has 0 spiro atoms. The van der Waals surface area contributed by atoms with Crippen molar-refractivity contribution < 1.29 is 0 Å². The van der Waals surface area contributed by atoms with Gasteiger partial charge in [-0.3, -0.25) is 0 Å². The highest BCUT2D eigenvalue weighted by Gasteiger charge is 2.02. The van der Waals surface area contributed by atoms with Gasteiger partial charge < -0.3 is 10.6 Å². The molecule has 0 saturated heterocycles. The number of aryl methyl sites for hydroxylation is 1. The smallest absolute Gasteiger partial charge is 0.244 e. The van der Waals surface area contributed by atoms with Crippen LogP contribution in [0.1, 0.15) is 16.7 Å².